The van der Waals surface area contributed by atoms with E-state index in [0.717, 1.165) is 35.7 Å². The van der Waals surface area contributed by atoms with Gasteiger partial charge in [0, 0.05) is 18.8 Å². The Hall–Kier alpha value is -3.48. The van der Waals surface area contributed by atoms with Gasteiger partial charge in [0.1, 0.15) is 12.0 Å². The van der Waals surface area contributed by atoms with Gasteiger partial charge in [0.2, 0.25) is 0 Å². The number of ether oxygens (including phenoxy) is 2. The van der Waals surface area contributed by atoms with E-state index in [9.17, 15) is 0 Å². The summed E-state index contributed by atoms with van der Waals surface area (Å²) in [6.45, 7) is 5.57. The molecule has 2 aromatic carbocycles. The van der Waals surface area contributed by atoms with Crippen LogP contribution in [0.2, 0.25) is 0 Å². The summed E-state index contributed by atoms with van der Waals surface area (Å²) < 4.78 is 10.7. The molecule has 0 spiro atoms. The summed E-state index contributed by atoms with van der Waals surface area (Å²) in [5.74, 6) is 2.77. The first-order chi connectivity index (χ1) is 14.6. The molecule has 30 heavy (non-hydrogen) atoms. The molecule has 0 radical (unpaired) electrons. The van der Waals surface area contributed by atoms with Crippen LogP contribution < -0.4 is 25.4 Å². The molecule has 158 valence electrons. The SMILES string of the molecule is CCN(c1cccc(C)c1)c1ncnc(NCCc2ccc(OC)c(OC)c2)c1N. The molecule has 0 saturated heterocycles. The van der Waals surface area contributed by atoms with E-state index < -0.39 is 0 Å². The van der Waals surface area contributed by atoms with Crippen molar-refractivity contribution < 1.29 is 9.47 Å². The number of nitrogens with one attached hydrogen (secondary N) is 1. The van der Waals surface area contributed by atoms with Gasteiger partial charge >= 0.3 is 0 Å². The summed E-state index contributed by atoms with van der Waals surface area (Å²) in [5.41, 5.74) is 10.3. The minimum atomic E-state index is 0.535. The van der Waals surface area contributed by atoms with Crippen LogP contribution in [0.15, 0.2) is 48.8 Å². The van der Waals surface area contributed by atoms with Crippen molar-refractivity contribution in [2.75, 3.05) is 43.3 Å². The highest BCUT2D eigenvalue weighted by Gasteiger charge is 2.16. The van der Waals surface area contributed by atoms with Gasteiger partial charge in [-0.3, -0.25) is 0 Å². The summed E-state index contributed by atoms with van der Waals surface area (Å²) in [7, 11) is 3.27. The summed E-state index contributed by atoms with van der Waals surface area (Å²) in [6.07, 6.45) is 2.33. The molecule has 0 bridgehead atoms. The van der Waals surface area contributed by atoms with Crippen LogP contribution >= 0.6 is 0 Å². The lowest BCUT2D eigenvalue weighted by molar-refractivity contribution is 0.354. The Kier molecular flexibility index (Phi) is 6.95. The monoisotopic (exact) mass is 407 g/mol. The largest absolute Gasteiger partial charge is 0.493 e. The standard InChI is InChI=1S/C23H29N5O2/c1-5-28(18-8-6-7-16(2)13-18)23-21(24)22(26-15-27-23)25-12-11-17-9-10-19(29-3)20(14-17)30-4/h6-10,13-15H,5,11-12,24H2,1-4H3,(H,25,26,27). The number of rotatable bonds is 9. The van der Waals surface area contributed by atoms with Gasteiger partial charge in [-0.15, -0.1) is 0 Å². The van der Waals surface area contributed by atoms with Crippen molar-refractivity contribution in [1.82, 2.24) is 9.97 Å². The first-order valence-corrected chi connectivity index (χ1v) is 9.96. The maximum Gasteiger partial charge on any atom is 0.161 e. The number of methoxy groups -OCH3 is 2. The van der Waals surface area contributed by atoms with E-state index in [2.05, 4.69) is 52.2 Å². The zero-order valence-corrected chi connectivity index (χ0v) is 18.0. The van der Waals surface area contributed by atoms with Crippen molar-refractivity contribution in [3.63, 3.8) is 0 Å². The molecule has 0 aliphatic carbocycles. The first kappa shape index (κ1) is 21.2. The number of nitrogens with zero attached hydrogens (tertiary/aromatic N) is 3. The first-order valence-electron chi connectivity index (χ1n) is 9.96. The highest BCUT2D eigenvalue weighted by atomic mass is 16.5. The van der Waals surface area contributed by atoms with Gasteiger partial charge in [-0.1, -0.05) is 18.2 Å². The van der Waals surface area contributed by atoms with Crippen LogP contribution in [-0.2, 0) is 6.42 Å². The Labute approximate surface area is 177 Å². The van der Waals surface area contributed by atoms with Crippen LogP contribution in [0.4, 0.5) is 23.0 Å². The number of aryl methyl sites for hydroxylation is 1. The zero-order valence-electron chi connectivity index (χ0n) is 18.0. The second-order valence-electron chi connectivity index (χ2n) is 6.91. The number of nitrogen functional groups attached to an aromatic ring is 1. The molecule has 1 aromatic heterocycles. The topological polar surface area (TPSA) is 85.5 Å². The Morgan fingerprint density at radius 2 is 1.83 bits per heavy atom. The van der Waals surface area contributed by atoms with Crippen LogP contribution in [0.3, 0.4) is 0 Å². The van der Waals surface area contributed by atoms with Crippen LogP contribution in [0.5, 0.6) is 11.5 Å². The summed E-state index contributed by atoms with van der Waals surface area (Å²) in [4.78, 5) is 10.9. The minimum Gasteiger partial charge on any atom is -0.493 e. The van der Waals surface area contributed by atoms with Crippen molar-refractivity contribution >= 4 is 23.0 Å². The highest BCUT2D eigenvalue weighted by Crippen LogP contribution is 2.32. The Balaban J connectivity index is 1.74. The quantitative estimate of drug-likeness (QED) is 0.550. The van der Waals surface area contributed by atoms with E-state index in [1.165, 1.54) is 5.56 Å². The third kappa shape index (κ3) is 4.74. The molecule has 1 heterocycles. The molecule has 0 aliphatic heterocycles. The number of hydrogen-bond donors (Lipinski definition) is 2. The number of nitrogens with two attached hydrogens (primary N) is 1. The van der Waals surface area contributed by atoms with Crippen molar-refractivity contribution in [3.8, 4) is 11.5 Å². The van der Waals surface area contributed by atoms with Gasteiger partial charge in [0.15, 0.2) is 23.1 Å². The van der Waals surface area contributed by atoms with Crippen LogP contribution in [0, 0.1) is 6.92 Å². The Morgan fingerprint density at radius 3 is 2.53 bits per heavy atom. The summed E-state index contributed by atoms with van der Waals surface area (Å²) in [5, 5.41) is 3.33. The van der Waals surface area contributed by atoms with Crippen LogP contribution in [0.1, 0.15) is 18.1 Å². The average Bonchev–Trinajstić information content (AvgIpc) is 2.76. The van der Waals surface area contributed by atoms with E-state index >= 15 is 0 Å². The lowest BCUT2D eigenvalue weighted by Crippen LogP contribution is -2.20. The van der Waals surface area contributed by atoms with Gasteiger partial charge < -0.3 is 25.4 Å². The molecule has 0 saturated carbocycles. The third-order valence-corrected chi connectivity index (χ3v) is 4.90. The number of hydrogen-bond acceptors (Lipinski definition) is 7. The van der Waals surface area contributed by atoms with Crippen LogP contribution in [-0.4, -0.2) is 37.3 Å². The van der Waals surface area contributed by atoms with Gasteiger partial charge in [0.25, 0.3) is 0 Å². The Morgan fingerprint density at radius 1 is 1.03 bits per heavy atom. The fraction of sp³-hybridized carbons (Fsp3) is 0.304. The predicted octanol–water partition coefficient (Wildman–Crippen LogP) is 4.20. The van der Waals surface area contributed by atoms with E-state index in [4.69, 9.17) is 15.2 Å². The number of benzene rings is 2. The normalized spacial score (nSPS) is 10.5. The second-order valence-corrected chi connectivity index (χ2v) is 6.91. The molecule has 3 rings (SSSR count). The van der Waals surface area contributed by atoms with E-state index in [0.29, 0.717) is 23.9 Å². The van der Waals surface area contributed by atoms with E-state index in [1.807, 2.05) is 24.3 Å². The summed E-state index contributed by atoms with van der Waals surface area (Å²) in [6, 6.07) is 14.2. The summed E-state index contributed by atoms with van der Waals surface area (Å²) >= 11 is 0. The number of aromatic nitrogens is 2. The molecule has 0 unspecified atom stereocenters. The van der Waals surface area contributed by atoms with Crippen LogP contribution in [0.25, 0.3) is 0 Å². The molecule has 7 nitrogen and oxygen atoms in total. The molecular weight excluding hydrogens is 378 g/mol. The fourth-order valence-electron chi connectivity index (χ4n) is 3.35. The molecular formula is C23H29N5O2. The third-order valence-electron chi connectivity index (χ3n) is 4.90. The van der Waals surface area contributed by atoms with Crippen molar-refractivity contribution in [2.45, 2.75) is 20.3 Å². The maximum atomic E-state index is 6.43. The van der Waals surface area contributed by atoms with Gasteiger partial charge in [0.05, 0.1) is 14.2 Å². The second kappa shape index (κ2) is 9.82. The zero-order chi connectivity index (χ0) is 21.5. The van der Waals surface area contributed by atoms with Crippen molar-refractivity contribution in [3.05, 3.63) is 59.9 Å². The van der Waals surface area contributed by atoms with Crippen molar-refractivity contribution in [2.24, 2.45) is 0 Å². The highest BCUT2D eigenvalue weighted by molar-refractivity contribution is 5.79. The molecule has 7 heteroatoms. The predicted molar refractivity (Wildman–Crippen MR) is 122 cm³/mol. The number of anilines is 4. The van der Waals surface area contributed by atoms with Crippen molar-refractivity contribution in [1.29, 1.82) is 0 Å². The smallest absolute Gasteiger partial charge is 0.161 e. The molecule has 0 amide bonds. The van der Waals surface area contributed by atoms with E-state index in [1.54, 1.807) is 20.5 Å². The fourth-order valence-corrected chi connectivity index (χ4v) is 3.35. The maximum absolute atomic E-state index is 6.43. The Bertz CT molecular complexity index is 993. The van der Waals surface area contributed by atoms with Gasteiger partial charge in [-0.2, -0.15) is 0 Å². The molecule has 0 atom stereocenters. The minimum absolute atomic E-state index is 0.535. The average molecular weight is 408 g/mol. The molecule has 0 fully saturated rings. The van der Waals surface area contributed by atoms with Gasteiger partial charge in [-0.05, 0) is 55.7 Å². The molecule has 0 aliphatic rings. The molecule has 3 N–H and O–H groups in total. The lowest BCUT2D eigenvalue weighted by atomic mass is 10.1. The van der Waals surface area contributed by atoms with E-state index in [-0.39, 0.29) is 0 Å². The van der Waals surface area contributed by atoms with Gasteiger partial charge in [-0.25, -0.2) is 9.97 Å². The molecule has 3 aromatic rings. The lowest BCUT2D eigenvalue weighted by Gasteiger charge is -2.24.